The number of nitrogens with zero attached hydrogens (tertiary/aromatic N) is 2. The highest BCUT2D eigenvalue weighted by molar-refractivity contribution is 7.30. The van der Waals surface area contributed by atoms with Gasteiger partial charge >= 0.3 is 13.4 Å². The molecular weight excluding hydrogens is 249 g/mol. The van der Waals surface area contributed by atoms with Gasteiger partial charge in [-0.1, -0.05) is 0 Å². The summed E-state index contributed by atoms with van der Waals surface area (Å²) in [4.78, 5) is 14.8. The Kier molecular flexibility index (Phi) is 5.02. The van der Waals surface area contributed by atoms with Crippen molar-refractivity contribution in [1.82, 2.24) is 9.55 Å². The molecule has 0 spiro atoms. The third-order valence-electron chi connectivity index (χ3n) is 1.92. The Bertz CT molecular complexity index is 490. The van der Waals surface area contributed by atoms with E-state index in [1.54, 1.807) is 0 Å². The molecule has 3 N–H and O–H groups in total. The molecule has 0 bridgehead atoms. The van der Waals surface area contributed by atoms with Gasteiger partial charge in [0, 0.05) is 6.20 Å². The summed E-state index contributed by atoms with van der Waals surface area (Å²) < 4.78 is 26.7. The Hall–Kier alpha value is -1.50. The quantitative estimate of drug-likeness (QED) is 0.650. The third-order valence-corrected chi connectivity index (χ3v) is 2.28. The maximum absolute atomic E-state index is 11.3. The number of hydrogen-bond donors (Lipinski definition) is 2. The van der Waals surface area contributed by atoms with Gasteiger partial charge in [0.05, 0.1) is 19.3 Å². The number of ether oxygens (including phenoxy) is 1. The predicted molar refractivity (Wildman–Crippen MR) is 58.0 cm³/mol. The molecule has 0 saturated heterocycles. The van der Waals surface area contributed by atoms with Crippen LogP contribution in [0.15, 0.2) is 17.1 Å². The highest BCUT2D eigenvalue weighted by atomic mass is 31.1. The Morgan fingerprint density at radius 1 is 1.59 bits per heavy atom. The fraction of sp³-hybridized carbons (Fsp3) is 0.500. The van der Waals surface area contributed by atoms with E-state index >= 15 is 0 Å². The molecule has 0 aliphatic heterocycles. The van der Waals surface area contributed by atoms with Gasteiger partial charge in [-0.05, 0) is 6.07 Å². The van der Waals surface area contributed by atoms with Crippen LogP contribution in [0.1, 0.15) is 0 Å². The molecule has 9 heteroatoms. The SMILES string of the molecule is Nc1ccn(C[C@@H](CO)OCP(=O)=O)c(=O)n1. The number of nitrogen functional groups attached to an aromatic ring is 1. The average molecular weight is 261 g/mol. The highest BCUT2D eigenvalue weighted by Gasteiger charge is 2.11. The Labute approximate surface area is 96.9 Å². The molecule has 94 valence electrons. The predicted octanol–water partition coefficient (Wildman–Crippen LogP) is -0.667. The van der Waals surface area contributed by atoms with Crippen LogP contribution in [0.5, 0.6) is 0 Å². The smallest absolute Gasteiger partial charge is 0.349 e. The summed E-state index contributed by atoms with van der Waals surface area (Å²) in [7, 11) is -2.68. The van der Waals surface area contributed by atoms with Crippen molar-refractivity contribution in [1.29, 1.82) is 0 Å². The first-order valence-corrected chi connectivity index (χ1v) is 6.06. The van der Waals surface area contributed by atoms with Gasteiger partial charge in [-0.25, -0.2) is 13.9 Å². The molecule has 1 aromatic rings. The van der Waals surface area contributed by atoms with Crippen LogP contribution in [-0.4, -0.2) is 33.7 Å². The lowest BCUT2D eigenvalue weighted by atomic mass is 10.3. The van der Waals surface area contributed by atoms with Gasteiger partial charge in [0.15, 0.2) is 6.35 Å². The van der Waals surface area contributed by atoms with E-state index in [0.29, 0.717) is 0 Å². The minimum Gasteiger partial charge on any atom is -0.394 e. The van der Waals surface area contributed by atoms with Crippen molar-refractivity contribution in [2.75, 3.05) is 18.7 Å². The van der Waals surface area contributed by atoms with E-state index in [4.69, 9.17) is 15.6 Å². The number of aromatic nitrogens is 2. The molecule has 1 aromatic heterocycles. The van der Waals surface area contributed by atoms with E-state index in [1.165, 1.54) is 16.8 Å². The maximum atomic E-state index is 11.3. The second-order valence-corrected chi connectivity index (χ2v) is 4.14. The highest BCUT2D eigenvalue weighted by Crippen LogP contribution is 2.06. The number of nitrogens with two attached hydrogens (primary N) is 1. The first-order chi connectivity index (χ1) is 8.02. The van der Waals surface area contributed by atoms with Crippen molar-refractivity contribution in [3.8, 4) is 0 Å². The molecule has 0 fully saturated rings. The molecule has 17 heavy (non-hydrogen) atoms. The van der Waals surface area contributed by atoms with Gasteiger partial charge in [0.2, 0.25) is 0 Å². The van der Waals surface area contributed by atoms with Crippen LogP contribution in [0.2, 0.25) is 0 Å². The molecule has 1 rings (SSSR count). The summed E-state index contributed by atoms with van der Waals surface area (Å²) in [5.74, 6) is 0.0929. The van der Waals surface area contributed by atoms with Crippen LogP contribution in [0.25, 0.3) is 0 Å². The lowest BCUT2D eigenvalue weighted by Crippen LogP contribution is -2.31. The Morgan fingerprint density at radius 2 is 2.29 bits per heavy atom. The lowest BCUT2D eigenvalue weighted by molar-refractivity contribution is 0.0249. The van der Waals surface area contributed by atoms with E-state index in [1.807, 2.05) is 0 Å². The van der Waals surface area contributed by atoms with Crippen molar-refractivity contribution < 1.29 is 19.0 Å². The first kappa shape index (κ1) is 13.6. The fourth-order valence-corrected chi connectivity index (χ4v) is 1.46. The van der Waals surface area contributed by atoms with Crippen LogP contribution in [-0.2, 0) is 20.4 Å². The summed E-state index contributed by atoms with van der Waals surface area (Å²) in [6, 6.07) is 1.42. The normalized spacial score (nSPS) is 12.3. The van der Waals surface area contributed by atoms with Crippen molar-refractivity contribution in [3.05, 3.63) is 22.7 Å². The van der Waals surface area contributed by atoms with Crippen LogP contribution in [0, 0.1) is 0 Å². The van der Waals surface area contributed by atoms with Gasteiger partial charge in [-0.2, -0.15) is 4.98 Å². The summed E-state index contributed by atoms with van der Waals surface area (Å²) in [5.41, 5.74) is 4.72. The first-order valence-electron chi connectivity index (χ1n) is 4.70. The molecule has 0 saturated carbocycles. The van der Waals surface area contributed by atoms with Gasteiger partial charge in [0.1, 0.15) is 5.82 Å². The van der Waals surface area contributed by atoms with Gasteiger partial charge in [-0.15, -0.1) is 0 Å². The van der Waals surface area contributed by atoms with Crippen molar-refractivity contribution in [2.45, 2.75) is 12.6 Å². The summed E-state index contributed by atoms with van der Waals surface area (Å²) in [5, 5.41) is 8.96. The zero-order chi connectivity index (χ0) is 12.8. The number of aliphatic hydroxyl groups excluding tert-OH is 1. The summed E-state index contributed by atoms with van der Waals surface area (Å²) in [6.45, 7) is -0.397. The molecule has 0 aliphatic rings. The van der Waals surface area contributed by atoms with E-state index in [2.05, 4.69) is 4.98 Å². The van der Waals surface area contributed by atoms with Crippen LogP contribution in [0.4, 0.5) is 5.82 Å². The lowest BCUT2D eigenvalue weighted by Gasteiger charge is -2.14. The van der Waals surface area contributed by atoms with Crippen LogP contribution >= 0.6 is 7.68 Å². The van der Waals surface area contributed by atoms with Crippen molar-refractivity contribution in [3.63, 3.8) is 0 Å². The molecule has 8 nitrogen and oxygen atoms in total. The Balaban J connectivity index is 2.70. The number of hydrogen-bond acceptors (Lipinski definition) is 7. The topological polar surface area (TPSA) is 125 Å². The van der Waals surface area contributed by atoms with Crippen LogP contribution in [0.3, 0.4) is 0 Å². The minimum atomic E-state index is -2.68. The van der Waals surface area contributed by atoms with Gasteiger partial charge in [-0.3, -0.25) is 4.57 Å². The third kappa shape index (κ3) is 4.48. The molecule has 0 radical (unpaired) electrons. The van der Waals surface area contributed by atoms with E-state index < -0.39 is 32.4 Å². The molecule has 0 aliphatic carbocycles. The minimum absolute atomic E-state index is 0.00574. The van der Waals surface area contributed by atoms with E-state index in [-0.39, 0.29) is 12.4 Å². The second kappa shape index (κ2) is 6.29. The molecular formula is C8H12N3O5P. The largest absolute Gasteiger partial charge is 0.394 e. The average Bonchev–Trinajstić information content (AvgIpc) is 2.26. The molecule has 1 atom stereocenters. The summed E-state index contributed by atoms with van der Waals surface area (Å²) in [6.07, 6.45) is 0.108. The van der Waals surface area contributed by atoms with Gasteiger partial charge < -0.3 is 15.6 Å². The monoisotopic (exact) mass is 261 g/mol. The molecule has 0 aromatic carbocycles. The van der Waals surface area contributed by atoms with E-state index in [0.717, 1.165) is 0 Å². The fourth-order valence-electron chi connectivity index (χ4n) is 1.13. The number of aliphatic hydroxyl groups is 1. The van der Waals surface area contributed by atoms with Crippen molar-refractivity contribution >= 4 is 13.5 Å². The zero-order valence-electron chi connectivity index (χ0n) is 8.85. The zero-order valence-corrected chi connectivity index (χ0v) is 9.75. The Morgan fingerprint density at radius 3 is 2.82 bits per heavy atom. The van der Waals surface area contributed by atoms with E-state index in [9.17, 15) is 13.9 Å². The van der Waals surface area contributed by atoms with Crippen molar-refractivity contribution in [2.24, 2.45) is 0 Å². The van der Waals surface area contributed by atoms with Crippen LogP contribution < -0.4 is 11.4 Å². The molecule has 1 heterocycles. The number of rotatable bonds is 6. The maximum Gasteiger partial charge on any atom is 0.349 e. The standard InChI is InChI=1S/C8H12N3O5P/c9-7-1-2-11(8(13)10-7)3-6(4-12)16-5-17(14)15/h1-2,6,12H,3-5H2,(H2,9,10,13)/t6-/m0/s1. The number of anilines is 1. The van der Waals surface area contributed by atoms with Gasteiger partial charge in [0.25, 0.3) is 0 Å². The second-order valence-electron chi connectivity index (χ2n) is 3.22. The molecule has 0 unspecified atom stereocenters. The summed E-state index contributed by atoms with van der Waals surface area (Å²) >= 11 is 0. The molecule has 0 amide bonds.